The molecule has 0 radical (unpaired) electrons. The lowest BCUT2D eigenvalue weighted by Crippen LogP contribution is -2.26. The summed E-state index contributed by atoms with van der Waals surface area (Å²) in [7, 11) is 0. The largest absolute Gasteiger partial charge is 0.0620 e. The summed E-state index contributed by atoms with van der Waals surface area (Å²) >= 11 is 0. The molecule has 0 amide bonds. The molecule has 5 aliphatic rings. The summed E-state index contributed by atoms with van der Waals surface area (Å²) in [5.74, 6) is 6.42. The summed E-state index contributed by atoms with van der Waals surface area (Å²) in [6, 6.07) is 9.31. The van der Waals surface area contributed by atoms with Crippen molar-refractivity contribution in [1.29, 1.82) is 0 Å². The first kappa shape index (κ1) is 6.66. The molecule has 0 heteroatoms. The zero-order valence-corrected chi connectivity index (χ0v) is 8.19. The highest BCUT2D eigenvalue weighted by Gasteiger charge is 2.68. The van der Waals surface area contributed by atoms with E-state index in [0.717, 1.165) is 35.5 Å². The van der Waals surface area contributed by atoms with E-state index in [-0.39, 0.29) is 0 Å². The van der Waals surface area contributed by atoms with Gasteiger partial charge in [-0.25, -0.2) is 0 Å². The molecule has 6 rings (SSSR count). The van der Waals surface area contributed by atoms with Gasteiger partial charge in [0.15, 0.2) is 0 Å². The zero-order chi connectivity index (χ0) is 8.86. The van der Waals surface area contributed by atoms with Crippen LogP contribution in [0.15, 0.2) is 24.3 Å². The van der Waals surface area contributed by atoms with E-state index in [0.29, 0.717) is 0 Å². The molecule has 0 spiro atoms. The average Bonchev–Trinajstić information content (AvgIpc) is 3.08. The van der Waals surface area contributed by atoms with Gasteiger partial charge in [0.2, 0.25) is 0 Å². The van der Waals surface area contributed by atoms with Crippen molar-refractivity contribution in [2.45, 2.75) is 24.7 Å². The third-order valence-corrected chi connectivity index (χ3v) is 5.34. The van der Waals surface area contributed by atoms with Gasteiger partial charge in [0, 0.05) is 0 Å². The Morgan fingerprint density at radius 1 is 0.714 bits per heavy atom. The van der Waals surface area contributed by atoms with Gasteiger partial charge in [-0.15, -0.1) is 0 Å². The van der Waals surface area contributed by atoms with E-state index >= 15 is 0 Å². The summed E-state index contributed by atoms with van der Waals surface area (Å²) in [6.07, 6.45) is 3.11. The van der Waals surface area contributed by atoms with Crippen LogP contribution in [0.2, 0.25) is 0 Å². The Morgan fingerprint density at radius 3 is 1.57 bits per heavy atom. The Bertz CT molecular complexity index is 376. The van der Waals surface area contributed by atoms with Crippen molar-refractivity contribution in [2.24, 2.45) is 23.7 Å². The summed E-state index contributed by atoms with van der Waals surface area (Å²) in [6.45, 7) is 0. The minimum absolute atomic E-state index is 0.992. The monoisotopic (exact) mass is 182 g/mol. The van der Waals surface area contributed by atoms with Gasteiger partial charge in [-0.2, -0.15) is 0 Å². The first-order chi connectivity index (χ1) is 6.95. The highest BCUT2D eigenvalue weighted by atomic mass is 14.7. The second-order valence-electron chi connectivity index (χ2n) is 5.81. The van der Waals surface area contributed by atoms with E-state index in [2.05, 4.69) is 24.3 Å². The Morgan fingerprint density at radius 2 is 1.14 bits per heavy atom. The van der Waals surface area contributed by atoms with Crippen LogP contribution in [0.5, 0.6) is 0 Å². The second-order valence-corrected chi connectivity index (χ2v) is 5.81. The minimum atomic E-state index is 0.992. The third-order valence-electron chi connectivity index (χ3n) is 5.34. The molecule has 0 aromatic heterocycles. The minimum Gasteiger partial charge on any atom is -0.0620 e. The summed E-state index contributed by atoms with van der Waals surface area (Å²) in [5.41, 5.74) is 3.49. The topological polar surface area (TPSA) is 0 Å². The van der Waals surface area contributed by atoms with Crippen LogP contribution in [0.4, 0.5) is 0 Å². The molecule has 0 aliphatic heterocycles. The van der Waals surface area contributed by atoms with Crippen molar-refractivity contribution in [1.82, 2.24) is 0 Å². The highest BCUT2D eigenvalue weighted by Crippen LogP contribution is 2.78. The van der Waals surface area contributed by atoms with Gasteiger partial charge < -0.3 is 0 Å². The van der Waals surface area contributed by atoms with E-state index in [4.69, 9.17) is 0 Å². The van der Waals surface area contributed by atoms with E-state index in [1.807, 2.05) is 0 Å². The lowest BCUT2D eigenvalue weighted by atomic mass is 9.67. The molecule has 14 heavy (non-hydrogen) atoms. The van der Waals surface area contributed by atoms with Crippen molar-refractivity contribution in [3.63, 3.8) is 0 Å². The fraction of sp³-hybridized carbons (Fsp3) is 0.571. The molecule has 0 nitrogen and oxygen atoms in total. The molecular formula is C14H14. The summed E-state index contributed by atoms with van der Waals surface area (Å²) in [5, 5.41) is 0. The number of rotatable bonds is 0. The van der Waals surface area contributed by atoms with Gasteiger partial charge in [0.05, 0.1) is 0 Å². The molecule has 3 saturated carbocycles. The maximum absolute atomic E-state index is 2.41. The van der Waals surface area contributed by atoms with Gasteiger partial charge in [-0.3, -0.25) is 0 Å². The fourth-order valence-electron chi connectivity index (χ4n) is 4.80. The molecule has 3 fully saturated rings. The van der Waals surface area contributed by atoms with E-state index < -0.39 is 0 Å². The molecule has 0 heterocycles. The second kappa shape index (κ2) is 1.80. The quantitative estimate of drug-likeness (QED) is 0.578. The van der Waals surface area contributed by atoms with Crippen LogP contribution >= 0.6 is 0 Å². The maximum atomic E-state index is 2.41. The van der Waals surface area contributed by atoms with Crippen LogP contribution < -0.4 is 0 Å². The number of hydrogen-bond donors (Lipinski definition) is 0. The SMILES string of the molecule is c1ccc2c(c1)C1[C@H]3C[C@@H]3C2[C@H]2C[C@H]12. The average molecular weight is 182 g/mol. The van der Waals surface area contributed by atoms with E-state index in [1.165, 1.54) is 0 Å². The van der Waals surface area contributed by atoms with Crippen LogP contribution in [-0.4, -0.2) is 0 Å². The molecule has 2 bridgehead atoms. The van der Waals surface area contributed by atoms with Crippen LogP contribution in [0.1, 0.15) is 35.8 Å². The Kier molecular flexibility index (Phi) is 0.857. The molecular weight excluding hydrogens is 168 g/mol. The van der Waals surface area contributed by atoms with Crippen molar-refractivity contribution in [3.05, 3.63) is 35.4 Å². The van der Waals surface area contributed by atoms with Crippen molar-refractivity contribution in [2.75, 3.05) is 0 Å². The smallest absolute Gasteiger partial charge is 0.00965 e. The summed E-state index contributed by atoms with van der Waals surface area (Å²) < 4.78 is 0. The van der Waals surface area contributed by atoms with Crippen molar-refractivity contribution >= 4 is 0 Å². The van der Waals surface area contributed by atoms with Gasteiger partial charge in [0.25, 0.3) is 0 Å². The first-order valence-corrected chi connectivity index (χ1v) is 6.04. The van der Waals surface area contributed by atoms with E-state index in [9.17, 15) is 0 Å². The molecule has 0 unspecified atom stereocenters. The van der Waals surface area contributed by atoms with Crippen LogP contribution in [-0.2, 0) is 0 Å². The standard InChI is InChI=1S/C14H14/c1-2-4-8-7(3-1)13-9-5-11(9)14(8)12-6-10(12)13/h1-4,9-14H,5-6H2/t9-,10-,11-,12-,13?,14?/m0/s1. The molecule has 1 aromatic rings. The number of hydrogen-bond acceptors (Lipinski definition) is 0. The Balaban J connectivity index is 1.85. The lowest BCUT2D eigenvalue weighted by molar-refractivity contribution is 0.320. The van der Waals surface area contributed by atoms with Crippen LogP contribution in [0.25, 0.3) is 0 Å². The molecule has 70 valence electrons. The van der Waals surface area contributed by atoms with Gasteiger partial charge in [-0.05, 0) is 59.5 Å². The lowest BCUT2D eigenvalue weighted by Gasteiger charge is -2.37. The van der Waals surface area contributed by atoms with Gasteiger partial charge >= 0.3 is 0 Å². The fourth-order valence-corrected chi connectivity index (χ4v) is 4.80. The third kappa shape index (κ3) is 0.549. The molecule has 0 saturated heterocycles. The highest BCUT2D eigenvalue weighted by molar-refractivity contribution is 5.47. The first-order valence-electron chi connectivity index (χ1n) is 6.04. The normalized spacial score (nSPS) is 54.6. The predicted octanol–water partition coefficient (Wildman–Crippen LogP) is 3.15. The zero-order valence-electron chi connectivity index (χ0n) is 8.19. The molecule has 1 aromatic carbocycles. The maximum Gasteiger partial charge on any atom is -0.00965 e. The van der Waals surface area contributed by atoms with Gasteiger partial charge in [-0.1, -0.05) is 24.3 Å². The predicted molar refractivity (Wildman–Crippen MR) is 55.1 cm³/mol. The van der Waals surface area contributed by atoms with Crippen molar-refractivity contribution < 1.29 is 0 Å². The Hall–Kier alpha value is -0.780. The summed E-state index contributed by atoms with van der Waals surface area (Å²) in [4.78, 5) is 0. The van der Waals surface area contributed by atoms with Crippen LogP contribution in [0.3, 0.4) is 0 Å². The molecule has 4 atom stereocenters. The molecule has 5 aliphatic carbocycles. The van der Waals surface area contributed by atoms with Crippen LogP contribution in [0, 0.1) is 23.7 Å². The Labute approximate surface area is 84.3 Å². The van der Waals surface area contributed by atoms with E-state index in [1.54, 1.807) is 24.0 Å². The molecule has 0 N–H and O–H groups in total. The van der Waals surface area contributed by atoms with Gasteiger partial charge in [0.1, 0.15) is 0 Å². The number of benzene rings is 1. The van der Waals surface area contributed by atoms with Crippen molar-refractivity contribution in [3.8, 4) is 0 Å².